The lowest BCUT2D eigenvalue weighted by atomic mass is 9.78. The minimum Gasteiger partial charge on any atom is -0.445 e. The van der Waals surface area contributed by atoms with Crippen LogP contribution in [-0.4, -0.2) is 49.5 Å². The van der Waals surface area contributed by atoms with Crippen LogP contribution in [0.2, 0.25) is 0 Å². The average Bonchev–Trinajstić information content (AvgIpc) is 3.06. The van der Waals surface area contributed by atoms with Gasteiger partial charge < -0.3 is 25.6 Å². The number of nitrogens with one attached hydrogen (secondary N) is 2. The highest BCUT2D eigenvalue weighted by Gasteiger charge is 2.32. The van der Waals surface area contributed by atoms with Crippen LogP contribution in [0.3, 0.4) is 0 Å². The van der Waals surface area contributed by atoms with Gasteiger partial charge in [0, 0.05) is 18.0 Å². The van der Waals surface area contributed by atoms with Crippen molar-refractivity contribution in [3.63, 3.8) is 0 Å². The highest BCUT2D eigenvalue weighted by molar-refractivity contribution is 5.79. The first-order chi connectivity index (χ1) is 14.6. The van der Waals surface area contributed by atoms with Gasteiger partial charge in [-0.15, -0.1) is 0 Å². The SMILES string of the molecule is NC1(COCNC(O)COC(=O)NCC2c3ccccc3-c3ccccc32)CCC1. The maximum absolute atomic E-state index is 12.1. The number of carbonyl (C=O) groups excluding carboxylic acids is 1. The molecule has 0 spiro atoms. The summed E-state index contributed by atoms with van der Waals surface area (Å²) in [5, 5.41) is 15.5. The van der Waals surface area contributed by atoms with E-state index in [9.17, 15) is 9.90 Å². The zero-order valence-electron chi connectivity index (χ0n) is 17.0. The molecule has 0 saturated heterocycles. The number of benzene rings is 2. The highest BCUT2D eigenvalue weighted by Crippen LogP contribution is 2.44. The number of amides is 1. The Labute approximate surface area is 176 Å². The Bertz CT molecular complexity index is 839. The summed E-state index contributed by atoms with van der Waals surface area (Å²) in [5.74, 6) is 0.0801. The maximum atomic E-state index is 12.1. The number of aliphatic hydroxyl groups excluding tert-OH is 1. The summed E-state index contributed by atoms with van der Waals surface area (Å²) in [5.41, 5.74) is 10.6. The van der Waals surface area contributed by atoms with Gasteiger partial charge in [0.25, 0.3) is 0 Å². The number of fused-ring (bicyclic) bond motifs is 3. The standard InChI is InChI=1S/C23H29N3O4/c24-23(10-5-11-23)14-29-15-26-21(27)13-30-22(28)25-12-20-18-8-3-1-6-16(18)17-7-2-4-9-19(17)20/h1-4,6-9,20-21,26-27H,5,10-15,24H2,(H,25,28). The molecule has 1 atom stereocenters. The third-order valence-corrected chi connectivity index (χ3v) is 5.95. The molecular formula is C23H29N3O4. The number of ether oxygens (including phenoxy) is 2. The summed E-state index contributed by atoms with van der Waals surface area (Å²) in [6.45, 7) is 0.873. The highest BCUT2D eigenvalue weighted by atomic mass is 16.6. The van der Waals surface area contributed by atoms with Crippen molar-refractivity contribution in [3.05, 3.63) is 59.7 Å². The summed E-state index contributed by atoms with van der Waals surface area (Å²) in [7, 11) is 0. The first-order valence-electron chi connectivity index (χ1n) is 10.4. The van der Waals surface area contributed by atoms with E-state index in [1.54, 1.807) is 0 Å². The minimum atomic E-state index is -1.00. The Hall–Kier alpha value is -2.45. The second kappa shape index (κ2) is 9.14. The zero-order chi connectivity index (χ0) is 21.0. The number of alkyl carbamates (subject to hydrolysis) is 1. The largest absolute Gasteiger partial charge is 0.445 e. The van der Waals surface area contributed by atoms with Crippen LogP contribution in [0.15, 0.2) is 48.5 Å². The Morgan fingerprint density at radius 2 is 1.77 bits per heavy atom. The number of nitrogens with two attached hydrogens (primary N) is 1. The van der Waals surface area contributed by atoms with Gasteiger partial charge in [-0.1, -0.05) is 48.5 Å². The smallest absolute Gasteiger partial charge is 0.407 e. The number of hydrogen-bond acceptors (Lipinski definition) is 6. The number of hydrogen-bond donors (Lipinski definition) is 4. The lowest BCUT2D eigenvalue weighted by Crippen LogP contribution is -2.51. The van der Waals surface area contributed by atoms with Gasteiger partial charge in [-0.3, -0.25) is 5.32 Å². The molecule has 2 aromatic carbocycles. The van der Waals surface area contributed by atoms with Crippen molar-refractivity contribution in [1.29, 1.82) is 0 Å². The van der Waals surface area contributed by atoms with E-state index in [-0.39, 0.29) is 24.8 Å². The van der Waals surface area contributed by atoms with Crippen LogP contribution in [0.25, 0.3) is 11.1 Å². The summed E-state index contributed by atoms with van der Waals surface area (Å²) in [6, 6.07) is 16.5. The minimum absolute atomic E-state index is 0.0801. The van der Waals surface area contributed by atoms with E-state index < -0.39 is 12.3 Å². The lowest BCUT2D eigenvalue weighted by Gasteiger charge is -2.37. The molecule has 0 aromatic heterocycles. The van der Waals surface area contributed by atoms with Gasteiger partial charge in [0.1, 0.15) is 12.8 Å². The molecule has 0 aliphatic heterocycles. The van der Waals surface area contributed by atoms with Gasteiger partial charge in [-0.2, -0.15) is 0 Å². The molecule has 2 aliphatic carbocycles. The van der Waals surface area contributed by atoms with Crippen molar-refractivity contribution in [2.24, 2.45) is 5.73 Å². The molecule has 5 N–H and O–H groups in total. The summed E-state index contributed by atoms with van der Waals surface area (Å²) in [4.78, 5) is 12.1. The maximum Gasteiger partial charge on any atom is 0.407 e. The molecule has 1 unspecified atom stereocenters. The van der Waals surface area contributed by atoms with Crippen molar-refractivity contribution >= 4 is 6.09 Å². The molecule has 30 heavy (non-hydrogen) atoms. The first-order valence-corrected chi connectivity index (χ1v) is 10.4. The Morgan fingerprint density at radius 1 is 1.13 bits per heavy atom. The van der Waals surface area contributed by atoms with Gasteiger partial charge in [0.05, 0.1) is 13.3 Å². The van der Waals surface area contributed by atoms with E-state index in [1.807, 2.05) is 24.3 Å². The molecule has 160 valence electrons. The van der Waals surface area contributed by atoms with Crippen molar-refractivity contribution in [1.82, 2.24) is 10.6 Å². The van der Waals surface area contributed by atoms with Crippen molar-refractivity contribution in [2.45, 2.75) is 36.9 Å². The third-order valence-electron chi connectivity index (χ3n) is 5.95. The van der Waals surface area contributed by atoms with Crippen molar-refractivity contribution in [3.8, 4) is 11.1 Å². The normalized spacial score (nSPS) is 17.5. The first kappa shape index (κ1) is 20.8. The monoisotopic (exact) mass is 411 g/mol. The van der Waals surface area contributed by atoms with Crippen LogP contribution >= 0.6 is 0 Å². The second-order valence-electron chi connectivity index (χ2n) is 8.14. The Morgan fingerprint density at radius 3 is 2.37 bits per heavy atom. The van der Waals surface area contributed by atoms with Gasteiger partial charge in [-0.25, -0.2) is 4.79 Å². The molecule has 1 fully saturated rings. The fourth-order valence-electron chi connectivity index (χ4n) is 4.11. The lowest BCUT2D eigenvalue weighted by molar-refractivity contribution is -0.00765. The molecule has 2 aliphatic rings. The number of rotatable bonds is 9. The number of carbonyl (C=O) groups is 1. The van der Waals surface area contributed by atoms with Crippen LogP contribution in [0.5, 0.6) is 0 Å². The molecule has 7 nitrogen and oxygen atoms in total. The summed E-state index contributed by atoms with van der Waals surface area (Å²) >= 11 is 0. The molecule has 2 aromatic rings. The van der Waals surface area contributed by atoms with Crippen LogP contribution < -0.4 is 16.4 Å². The van der Waals surface area contributed by atoms with Gasteiger partial charge in [0.15, 0.2) is 0 Å². The van der Waals surface area contributed by atoms with E-state index in [2.05, 4.69) is 34.9 Å². The molecule has 0 heterocycles. The predicted octanol–water partition coefficient (Wildman–Crippen LogP) is 2.29. The van der Waals surface area contributed by atoms with Crippen LogP contribution in [0.1, 0.15) is 36.3 Å². The number of aliphatic hydroxyl groups is 1. The van der Waals surface area contributed by atoms with Crippen LogP contribution in [-0.2, 0) is 9.47 Å². The van der Waals surface area contributed by atoms with E-state index in [0.717, 1.165) is 19.3 Å². The van der Waals surface area contributed by atoms with Crippen LogP contribution in [0.4, 0.5) is 4.79 Å². The van der Waals surface area contributed by atoms with E-state index in [0.29, 0.717) is 13.2 Å². The molecule has 4 rings (SSSR count). The van der Waals surface area contributed by atoms with E-state index in [1.165, 1.54) is 22.3 Å². The topological polar surface area (TPSA) is 106 Å². The van der Waals surface area contributed by atoms with Gasteiger partial charge in [0.2, 0.25) is 0 Å². The predicted molar refractivity (Wildman–Crippen MR) is 114 cm³/mol. The van der Waals surface area contributed by atoms with Crippen LogP contribution in [0, 0.1) is 0 Å². The van der Waals surface area contributed by atoms with Crippen molar-refractivity contribution in [2.75, 3.05) is 26.5 Å². The Kier molecular flexibility index (Phi) is 6.34. The molecule has 1 amide bonds. The molecule has 7 heteroatoms. The average molecular weight is 412 g/mol. The molecule has 0 bridgehead atoms. The zero-order valence-corrected chi connectivity index (χ0v) is 17.0. The second-order valence-corrected chi connectivity index (χ2v) is 8.14. The quantitative estimate of drug-likeness (QED) is 0.373. The third kappa shape index (κ3) is 4.65. The Balaban J connectivity index is 1.20. The van der Waals surface area contributed by atoms with Gasteiger partial charge >= 0.3 is 6.09 Å². The molecule has 0 radical (unpaired) electrons. The summed E-state index contributed by atoms with van der Waals surface area (Å²) < 4.78 is 10.6. The molecule has 1 saturated carbocycles. The van der Waals surface area contributed by atoms with Crippen molar-refractivity contribution < 1.29 is 19.4 Å². The van der Waals surface area contributed by atoms with E-state index in [4.69, 9.17) is 15.2 Å². The van der Waals surface area contributed by atoms with Gasteiger partial charge in [-0.05, 0) is 41.5 Å². The van der Waals surface area contributed by atoms with E-state index >= 15 is 0 Å². The molecular weight excluding hydrogens is 382 g/mol. The fraction of sp³-hybridized carbons (Fsp3) is 0.435. The summed E-state index contributed by atoms with van der Waals surface area (Å²) in [6.07, 6.45) is 1.51. The fourth-order valence-corrected chi connectivity index (χ4v) is 4.11.